The highest BCUT2D eigenvalue weighted by atomic mass is 79.9. The number of esters is 1. The fraction of sp³-hybridized carbons (Fsp3) is 0.909. The van der Waals surface area contributed by atoms with Gasteiger partial charge in [0.2, 0.25) is 0 Å². The molecule has 2 atom stereocenters. The SMILES string of the molecule is COC(=O)CCC(C)CC(C)CCBr. The molecule has 0 fully saturated rings. The van der Waals surface area contributed by atoms with E-state index in [0.717, 1.165) is 17.7 Å². The summed E-state index contributed by atoms with van der Waals surface area (Å²) in [5.74, 6) is 1.26. The lowest BCUT2D eigenvalue weighted by Gasteiger charge is -2.15. The molecule has 0 rings (SSSR count). The first-order valence-electron chi connectivity index (χ1n) is 5.23. The topological polar surface area (TPSA) is 26.3 Å². The molecule has 0 aromatic carbocycles. The monoisotopic (exact) mass is 264 g/mol. The Bertz CT molecular complexity index is 159. The zero-order valence-electron chi connectivity index (χ0n) is 9.38. The molecule has 0 aliphatic carbocycles. The second-order valence-corrected chi connectivity index (χ2v) is 4.83. The molecule has 0 amide bonds. The lowest BCUT2D eigenvalue weighted by atomic mass is 9.92. The van der Waals surface area contributed by atoms with Crippen molar-refractivity contribution in [1.29, 1.82) is 0 Å². The Morgan fingerprint density at radius 2 is 1.86 bits per heavy atom. The minimum absolute atomic E-state index is 0.0926. The first kappa shape index (κ1) is 13.9. The van der Waals surface area contributed by atoms with Crippen molar-refractivity contribution < 1.29 is 9.53 Å². The zero-order chi connectivity index (χ0) is 11.0. The van der Waals surface area contributed by atoms with Crippen LogP contribution in [0.5, 0.6) is 0 Å². The van der Waals surface area contributed by atoms with Crippen LogP contribution in [0.1, 0.15) is 39.5 Å². The molecule has 0 aromatic rings. The van der Waals surface area contributed by atoms with E-state index >= 15 is 0 Å². The highest BCUT2D eigenvalue weighted by Crippen LogP contribution is 2.19. The summed E-state index contributed by atoms with van der Waals surface area (Å²) in [6.07, 6.45) is 3.91. The van der Waals surface area contributed by atoms with Gasteiger partial charge in [-0.2, -0.15) is 0 Å². The van der Waals surface area contributed by atoms with Crippen molar-refractivity contribution in [2.45, 2.75) is 39.5 Å². The lowest BCUT2D eigenvalue weighted by molar-refractivity contribution is -0.140. The van der Waals surface area contributed by atoms with E-state index in [1.165, 1.54) is 20.0 Å². The third-order valence-corrected chi connectivity index (χ3v) is 2.93. The summed E-state index contributed by atoms with van der Waals surface area (Å²) in [4.78, 5) is 10.9. The Balaban J connectivity index is 3.54. The summed E-state index contributed by atoms with van der Waals surface area (Å²) >= 11 is 3.44. The maximum atomic E-state index is 10.9. The number of carbonyl (C=O) groups is 1. The quantitative estimate of drug-likeness (QED) is 0.521. The molecule has 0 radical (unpaired) electrons. The van der Waals surface area contributed by atoms with E-state index in [-0.39, 0.29) is 5.97 Å². The number of methoxy groups -OCH3 is 1. The van der Waals surface area contributed by atoms with Gasteiger partial charge in [0.05, 0.1) is 7.11 Å². The number of halogens is 1. The van der Waals surface area contributed by atoms with Gasteiger partial charge in [0.25, 0.3) is 0 Å². The number of carbonyl (C=O) groups excluding carboxylic acids is 1. The van der Waals surface area contributed by atoms with E-state index in [2.05, 4.69) is 34.5 Å². The summed E-state index contributed by atoms with van der Waals surface area (Å²) in [5.41, 5.74) is 0. The normalized spacial score (nSPS) is 14.9. The largest absolute Gasteiger partial charge is 0.469 e. The number of rotatable bonds is 7. The molecule has 0 N–H and O–H groups in total. The van der Waals surface area contributed by atoms with E-state index in [9.17, 15) is 4.79 Å². The second kappa shape index (κ2) is 8.27. The molecule has 0 heterocycles. The van der Waals surface area contributed by atoms with Crippen LogP contribution in [0.3, 0.4) is 0 Å². The molecule has 3 heteroatoms. The minimum Gasteiger partial charge on any atom is -0.469 e. The summed E-state index contributed by atoms with van der Waals surface area (Å²) < 4.78 is 4.61. The first-order valence-corrected chi connectivity index (χ1v) is 6.35. The molecule has 0 spiro atoms. The lowest BCUT2D eigenvalue weighted by Crippen LogP contribution is -2.07. The van der Waals surface area contributed by atoms with Crippen molar-refractivity contribution in [3.05, 3.63) is 0 Å². The van der Waals surface area contributed by atoms with E-state index < -0.39 is 0 Å². The Hall–Kier alpha value is -0.0500. The average Bonchev–Trinajstić information content (AvgIpc) is 2.14. The predicted octanol–water partition coefficient (Wildman–Crippen LogP) is 3.39. The fourth-order valence-electron chi connectivity index (χ4n) is 1.58. The smallest absolute Gasteiger partial charge is 0.305 e. The molecule has 2 nitrogen and oxygen atoms in total. The van der Waals surface area contributed by atoms with Gasteiger partial charge >= 0.3 is 5.97 Å². The van der Waals surface area contributed by atoms with Crippen LogP contribution in [0.4, 0.5) is 0 Å². The molecule has 0 bridgehead atoms. The summed E-state index contributed by atoms with van der Waals surface area (Å²) in [5, 5.41) is 1.07. The molecule has 14 heavy (non-hydrogen) atoms. The molecule has 0 aliphatic rings. The zero-order valence-corrected chi connectivity index (χ0v) is 11.0. The van der Waals surface area contributed by atoms with Crippen molar-refractivity contribution in [1.82, 2.24) is 0 Å². The first-order chi connectivity index (χ1) is 6.60. The van der Waals surface area contributed by atoms with Gasteiger partial charge in [-0.05, 0) is 31.1 Å². The summed E-state index contributed by atoms with van der Waals surface area (Å²) in [6.45, 7) is 4.46. The predicted molar refractivity (Wildman–Crippen MR) is 62.6 cm³/mol. The highest BCUT2D eigenvalue weighted by molar-refractivity contribution is 9.09. The number of hydrogen-bond donors (Lipinski definition) is 0. The molecule has 0 saturated heterocycles. The van der Waals surface area contributed by atoms with E-state index in [1.807, 2.05) is 0 Å². The average molecular weight is 265 g/mol. The van der Waals surface area contributed by atoms with Crippen LogP contribution in [-0.2, 0) is 9.53 Å². The van der Waals surface area contributed by atoms with Gasteiger partial charge in [-0.3, -0.25) is 4.79 Å². The van der Waals surface area contributed by atoms with Gasteiger partial charge in [0.15, 0.2) is 0 Å². The van der Waals surface area contributed by atoms with Crippen LogP contribution in [0.15, 0.2) is 0 Å². The molecule has 2 unspecified atom stereocenters. The van der Waals surface area contributed by atoms with E-state index in [1.54, 1.807) is 0 Å². The van der Waals surface area contributed by atoms with Crippen LogP contribution in [-0.4, -0.2) is 18.4 Å². The van der Waals surface area contributed by atoms with Crippen molar-refractivity contribution >= 4 is 21.9 Å². The maximum absolute atomic E-state index is 10.9. The molecule has 0 aliphatic heterocycles. The molecular weight excluding hydrogens is 244 g/mol. The second-order valence-electron chi connectivity index (χ2n) is 4.04. The Morgan fingerprint density at radius 3 is 2.36 bits per heavy atom. The fourth-order valence-corrected chi connectivity index (χ4v) is 2.36. The maximum Gasteiger partial charge on any atom is 0.305 e. The van der Waals surface area contributed by atoms with Crippen molar-refractivity contribution in [2.24, 2.45) is 11.8 Å². The van der Waals surface area contributed by atoms with Gasteiger partial charge < -0.3 is 4.74 Å². The van der Waals surface area contributed by atoms with Crippen LogP contribution < -0.4 is 0 Å². The summed E-state index contributed by atoms with van der Waals surface area (Å²) in [7, 11) is 1.44. The molecule has 84 valence electrons. The van der Waals surface area contributed by atoms with Crippen molar-refractivity contribution in [2.75, 3.05) is 12.4 Å². The molecule has 0 saturated carbocycles. The van der Waals surface area contributed by atoms with E-state index in [0.29, 0.717) is 12.3 Å². The minimum atomic E-state index is -0.0926. The summed E-state index contributed by atoms with van der Waals surface area (Å²) in [6, 6.07) is 0. The van der Waals surface area contributed by atoms with Gasteiger partial charge in [-0.25, -0.2) is 0 Å². The number of ether oxygens (including phenoxy) is 1. The van der Waals surface area contributed by atoms with Crippen LogP contribution in [0.2, 0.25) is 0 Å². The van der Waals surface area contributed by atoms with Crippen LogP contribution in [0, 0.1) is 11.8 Å². The Kier molecular flexibility index (Phi) is 8.24. The van der Waals surface area contributed by atoms with Gasteiger partial charge in [-0.15, -0.1) is 0 Å². The van der Waals surface area contributed by atoms with Crippen LogP contribution in [0.25, 0.3) is 0 Å². The number of alkyl halides is 1. The Morgan fingerprint density at radius 1 is 1.29 bits per heavy atom. The van der Waals surface area contributed by atoms with Gasteiger partial charge in [0.1, 0.15) is 0 Å². The van der Waals surface area contributed by atoms with Crippen molar-refractivity contribution in [3.8, 4) is 0 Å². The van der Waals surface area contributed by atoms with Crippen molar-refractivity contribution in [3.63, 3.8) is 0 Å². The highest BCUT2D eigenvalue weighted by Gasteiger charge is 2.10. The Labute approximate surface area is 95.5 Å². The third-order valence-electron chi connectivity index (χ3n) is 2.48. The molecule has 0 aromatic heterocycles. The molecular formula is C11H21BrO2. The third kappa shape index (κ3) is 7.36. The number of hydrogen-bond acceptors (Lipinski definition) is 2. The van der Waals surface area contributed by atoms with Gasteiger partial charge in [0, 0.05) is 11.8 Å². The van der Waals surface area contributed by atoms with E-state index in [4.69, 9.17) is 0 Å². The van der Waals surface area contributed by atoms with Gasteiger partial charge in [-0.1, -0.05) is 29.8 Å². The standard InChI is InChI=1S/C11H21BrO2/c1-9(4-5-11(13)14-3)8-10(2)6-7-12/h9-10H,4-8H2,1-3H3. The van der Waals surface area contributed by atoms with Crippen LogP contribution >= 0.6 is 15.9 Å².